The first-order chi connectivity index (χ1) is 11.2. The molecule has 1 aromatic heterocycles. The van der Waals surface area contributed by atoms with E-state index in [0.29, 0.717) is 12.5 Å². The van der Waals surface area contributed by atoms with Gasteiger partial charge in [0.2, 0.25) is 5.91 Å². The van der Waals surface area contributed by atoms with Crippen molar-refractivity contribution in [3.05, 3.63) is 52.2 Å². The van der Waals surface area contributed by atoms with Crippen molar-refractivity contribution in [2.24, 2.45) is 4.99 Å². The van der Waals surface area contributed by atoms with E-state index < -0.39 is 0 Å². The largest absolute Gasteiger partial charge is 0.352 e. The van der Waals surface area contributed by atoms with Gasteiger partial charge in [-0.05, 0) is 30.7 Å². The van der Waals surface area contributed by atoms with Crippen molar-refractivity contribution in [3.63, 3.8) is 0 Å². The molecule has 0 spiro atoms. The number of thiophene rings is 1. The Balaban J connectivity index is 1.75. The molecule has 2 aromatic rings. The maximum Gasteiger partial charge on any atom is 0.243 e. The molecule has 6 heteroatoms. The van der Waals surface area contributed by atoms with Gasteiger partial charge in [-0.1, -0.05) is 25.1 Å². The van der Waals surface area contributed by atoms with Gasteiger partial charge in [-0.25, -0.2) is 0 Å². The van der Waals surface area contributed by atoms with Crippen LogP contribution in [0, 0.1) is 0 Å². The molecule has 0 saturated heterocycles. The molecule has 1 aromatic carbocycles. The number of carbonyl (C=O) groups is 1. The standard InChI is InChI=1S/C17H22N4OS/c1-3-14-9-10-15(23-14)11-19-17(18-2)20-12-16(22)21-13-7-5-4-6-8-13/h4-10H,3,11-12H2,1-2H3,(H,21,22)(H2,18,19,20). The minimum Gasteiger partial charge on any atom is -0.352 e. The predicted molar refractivity (Wildman–Crippen MR) is 97.0 cm³/mol. The van der Waals surface area contributed by atoms with Gasteiger partial charge in [0, 0.05) is 22.5 Å². The van der Waals surface area contributed by atoms with Crippen LogP contribution in [0.2, 0.25) is 0 Å². The van der Waals surface area contributed by atoms with E-state index in [9.17, 15) is 4.79 Å². The first-order valence-corrected chi connectivity index (χ1v) is 8.40. The van der Waals surface area contributed by atoms with E-state index in [4.69, 9.17) is 0 Å². The normalized spacial score (nSPS) is 11.1. The minimum atomic E-state index is -0.108. The zero-order valence-electron chi connectivity index (χ0n) is 13.4. The van der Waals surface area contributed by atoms with Crippen molar-refractivity contribution in [3.8, 4) is 0 Å². The smallest absolute Gasteiger partial charge is 0.243 e. The second kappa shape index (κ2) is 8.95. The summed E-state index contributed by atoms with van der Waals surface area (Å²) in [7, 11) is 1.69. The van der Waals surface area contributed by atoms with Crippen LogP contribution in [-0.4, -0.2) is 25.5 Å². The van der Waals surface area contributed by atoms with Crippen LogP contribution in [0.25, 0.3) is 0 Å². The number of benzene rings is 1. The molecule has 0 aliphatic carbocycles. The molecule has 0 radical (unpaired) electrons. The zero-order chi connectivity index (χ0) is 16.5. The van der Waals surface area contributed by atoms with Crippen LogP contribution >= 0.6 is 11.3 Å². The van der Waals surface area contributed by atoms with Crippen molar-refractivity contribution < 1.29 is 4.79 Å². The fourth-order valence-electron chi connectivity index (χ4n) is 1.99. The molecule has 0 unspecified atom stereocenters. The lowest BCUT2D eigenvalue weighted by Crippen LogP contribution is -2.40. The second-order valence-electron chi connectivity index (χ2n) is 4.92. The third-order valence-corrected chi connectivity index (χ3v) is 4.42. The lowest BCUT2D eigenvalue weighted by Gasteiger charge is -2.11. The van der Waals surface area contributed by atoms with E-state index in [-0.39, 0.29) is 12.5 Å². The first-order valence-electron chi connectivity index (χ1n) is 7.58. The van der Waals surface area contributed by atoms with Crippen LogP contribution < -0.4 is 16.0 Å². The SMILES string of the molecule is CCc1ccc(CNC(=NC)NCC(=O)Nc2ccccc2)s1. The summed E-state index contributed by atoms with van der Waals surface area (Å²) in [6, 6.07) is 13.6. The van der Waals surface area contributed by atoms with Crippen molar-refractivity contribution in [1.29, 1.82) is 0 Å². The van der Waals surface area contributed by atoms with Gasteiger partial charge in [0.15, 0.2) is 5.96 Å². The topological polar surface area (TPSA) is 65.5 Å². The van der Waals surface area contributed by atoms with Crippen molar-refractivity contribution in [2.45, 2.75) is 19.9 Å². The van der Waals surface area contributed by atoms with Gasteiger partial charge >= 0.3 is 0 Å². The highest BCUT2D eigenvalue weighted by atomic mass is 32.1. The Morgan fingerprint density at radius 1 is 1.09 bits per heavy atom. The summed E-state index contributed by atoms with van der Waals surface area (Å²) >= 11 is 1.79. The van der Waals surface area contributed by atoms with Gasteiger partial charge < -0.3 is 16.0 Å². The quantitative estimate of drug-likeness (QED) is 0.563. The average Bonchev–Trinajstić information content (AvgIpc) is 3.04. The van der Waals surface area contributed by atoms with Gasteiger partial charge in [-0.3, -0.25) is 9.79 Å². The van der Waals surface area contributed by atoms with Crippen LogP contribution in [0.1, 0.15) is 16.7 Å². The molecule has 0 aliphatic rings. The maximum atomic E-state index is 11.9. The van der Waals surface area contributed by atoms with E-state index >= 15 is 0 Å². The van der Waals surface area contributed by atoms with E-state index in [1.807, 2.05) is 30.3 Å². The first kappa shape index (κ1) is 17.0. The molecule has 0 saturated carbocycles. The average molecular weight is 330 g/mol. The number of hydrogen-bond donors (Lipinski definition) is 3. The Labute approximate surface area is 140 Å². The van der Waals surface area contributed by atoms with E-state index in [2.05, 4.69) is 40.0 Å². The number of nitrogens with one attached hydrogen (secondary N) is 3. The lowest BCUT2D eigenvalue weighted by molar-refractivity contribution is -0.115. The molecule has 1 amide bonds. The fraction of sp³-hybridized carbons (Fsp3) is 0.294. The summed E-state index contributed by atoms with van der Waals surface area (Å²) in [6.07, 6.45) is 1.05. The molecule has 0 atom stereocenters. The summed E-state index contributed by atoms with van der Waals surface area (Å²) in [5.74, 6) is 0.503. The maximum absolute atomic E-state index is 11.9. The number of para-hydroxylation sites is 1. The number of aliphatic imine (C=N–C) groups is 1. The highest BCUT2D eigenvalue weighted by molar-refractivity contribution is 7.11. The molecule has 0 aliphatic heterocycles. The molecule has 1 heterocycles. The Morgan fingerprint density at radius 3 is 2.48 bits per heavy atom. The summed E-state index contributed by atoms with van der Waals surface area (Å²) in [5, 5.41) is 9.05. The van der Waals surface area contributed by atoms with Crippen LogP contribution in [0.15, 0.2) is 47.5 Å². The van der Waals surface area contributed by atoms with Crippen molar-refractivity contribution >= 4 is 28.9 Å². The molecule has 23 heavy (non-hydrogen) atoms. The number of rotatable bonds is 6. The van der Waals surface area contributed by atoms with Crippen molar-refractivity contribution in [1.82, 2.24) is 10.6 Å². The van der Waals surface area contributed by atoms with Crippen LogP contribution in [0.3, 0.4) is 0 Å². The summed E-state index contributed by atoms with van der Waals surface area (Å²) < 4.78 is 0. The third kappa shape index (κ3) is 5.75. The van der Waals surface area contributed by atoms with Crippen LogP contribution in [0.5, 0.6) is 0 Å². The molecular formula is C17H22N4OS. The van der Waals surface area contributed by atoms with Gasteiger partial charge in [-0.2, -0.15) is 0 Å². The number of anilines is 1. The fourth-order valence-corrected chi connectivity index (χ4v) is 2.89. The van der Waals surface area contributed by atoms with E-state index in [0.717, 1.165) is 12.1 Å². The van der Waals surface area contributed by atoms with Gasteiger partial charge in [-0.15, -0.1) is 11.3 Å². The molecule has 3 N–H and O–H groups in total. The second-order valence-corrected chi connectivity index (χ2v) is 6.17. The molecular weight excluding hydrogens is 308 g/mol. The van der Waals surface area contributed by atoms with Crippen LogP contribution in [0.4, 0.5) is 5.69 Å². The summed E-state index contributed by atoms with van der Waals surface area (Å²) in [6.45, 7) is 3.01. The number of guanidine groups is 1. The van der Waals surface area contributed by atoms with E-state index in [1.165, 1.54) is 9.75 Å². The Hall–Kier alpha value is -2.34. The monoisotopic (exact) mass is 330 g/mol. The summed E-state index contributed by atoms with van der Waals surface area (Å²) in [5.41, 5.74) is 0.785. The molecule has 0 fully saturated rings. The Bertz CT molecular complexity index is 652. The molecule has 122 valence electrons. The minimum absolute atomic E-state index is 0.108. The highest BCUT2D eigenvalue weighted by Crippen LogP contribution is 2.16. The van der Waals surface area contributed by atoms with E-state index in [1.54, 1.807) is 18.4 Å². The Morgan fingerprint density at radius 2 is 1.83 bits per heavy atom. The Kier molecular flexibility index (Phi) is 6.62. The number of nitrogens with zero attached hydrogens (tertiary/aromatic N) is 1. The number of amides is 1. The lowest BCUT2D eigenvalue weighted by atomic mass is 10.3. The third-order valence-electron chi connectivity index (χ3n) is 3.19. The van der Waals surface area contributed by atoms with Gasteiger partial charge in [0.1, 0.15) is 0 Å². The number of hydrogen-bond acceptors (Lipinski definition) is 3. The predicted octanol–water partition coefficient (Wildman–Crippen LogP) is 2.61. The number of aryl methyl sites for hydroxylation is 1. The van der Waals surface area contributed by atoms with Gasteiger partial charge in [0.25, 0.3) is 0 Å². The molecule has 0 bridgehead atoms. The van der Waals surface area contributed by atoms with Crippen LogP contribution in [-0.2, 0) is 17.8 Å². The zero-order valence-corrected chi connectivity index (χ0v) is 14.2. The van der Waals surface area contributed by atoms with Gasteiger partial charge in [0.05, 0.1) is 13.1 Å². The van der Waals surface area contributed by atoms with Crippen molar-refractivity contribution in [2.75, 3.05) is 18.9 Å². The number of carbonyl (C=O) groups excluding carboxylic acids is 1. The molecule has 5 nitrogen and oxygen atoms in total. The summed E-state index contributed by atoms with van der Waals surface area (Å²) in [4.78, 5) is 18.6. The highest BCUT2D eigenvalue weighted by Gasteiger charge is 2.05. The molecule has 2 rings (SSSR count).